The second-order valence-corrected chi connectivity index (χ2v) is 8.31. The molecule has 2 aliphatic rings. The first kappa shape index (κ1) is 21.5. The standard InChI is InChI=1S/C23H37N5O/c1-4-27(21-11-7-8-18(2)16-21)15-13-25-23(24-3)26-20-12-14-28(17-20)22(29)19-9-5-6-10-19/h7-8,11,16,19-20H,4-6,9-10,12-15,17H2,1-3H3,(H2,24,25,26). The van der Waals surface area contributed by atoms with Crippen molar-refractivity contribution in [3.63, 3.8) is 0 Å². The van der Waals surface area contributed by atoms with Gasteiger partial charge in [0.1, 0.15) is 0 Å². The van der Waals surface area contributed by atoms with Gasteiger partial charge in [0.15, 0.2) is 5.96 Å². The maximum absolute atomic E-state index is 12.6. The van der Waals surface area contributed by atoms with E-state index < -0.39 is 0 Å². The van der Waals surface area contributed by atoms with E-state index in [1.165, 1.54) is 24.1 Å². The fourth-order valence-corrected chi connectivity index (χ4v) is 4.50. The third-order valence-electron chi connectivity index (χ3n) is 6.19. The molecule has 0 bridgehead atoms. The van der Waals surface area contributed by atoms with Gasteiger partial charge in [-0.1, -0.05) is 25.0 Å². The molecule has 1 atom stereocenters. The number of amides is 1. The maximum atomic E-state index is 12.6. The summed E-state index contributed by atoms with van der Waals surface area (Å²) < 4.78 is 0. The molecule has 1 aliphatic carbocycles. The van der Waals surface area contributed by atoms with Crippen LogP contribution in [-0.4, -0.2) is 62.6 Å². The third kappa shape index (κ3) is 5.87. The molecule has 1 unspecified atom stereocenters. The molecule has 0 aromatic heterocycles. The highest BCUT2D eigenvalue weighted by Crippen LogP contribution is 2.27. The molecule has 1 heterocycles. The summed E-state index contributed by atoms with van der Waals surface area (Å²) in [5.41, 5.74) is 2.54. The molecular weight excluding hydrogens is 362 g/mol. The summed E-state index contributed by atoms with van der Waals surface area (Å²) in [6.45, 7) is 8.67. The molecule has 160 valence electrons. The van der Waals surface area contributed by atoms with Gasteiger partial charge in [-0.3, -0.25) is 9.79 Å². The SMILES string of the molecule is CCN(CCNC(=NC)NC1CCN(C(=O)C2CCCC2)C1)c1cccc(C)c1. The molecule has 1 aromatic carbocycles. The van der Waals surface area contributed by atoms with Crippen LogP contribution in [0.1, 0.15) is 44.6 Å². The number of hydrogen-bond donors (Lipinski definition) is 2. The highest BCUT2D eigenvalue weighted by Gasteiger charge is 2.32. The van der Waals surface area contributed by atoms with Crippen LogP contribution in [0.5, 0.6) is 0 Å². The quantitative estimate of drug-likeness (QED) is 0.547. The summed E-state index contributed by atoms with van der Waals surface area (Å²) in [7, 11) is 1.81. The molecule has 6 nitrogen and oxygen atoms in total. The summed E-state index contributed by atoms with van der Waals surface area (Å²) in [5, 5.41) is 6.95. The zero-order chi connectivity index (χ0) is 20.6. The molecule has 6 heteroatoms. The molecule has 0 spiro atoms. The van der Waals surface area contributed by atoms with Crippen molar-refractivity contribution in [2.24, 2.45) is 10.9 Å². The predicted octanol–water partition coefficient (Wildman–Crippen LogP) is 2.78. The van der Waals surface area contributed by atoms with Crippen molar-refractivity contribution < 1.29 is 4.79 Å². The Balaban J connectivity index is 1.43. The van der Waals surface area contributed by atoms with Crippen molar-refractivity contribution in [3.8, 4) is 0 Å². The van der Waals surface area contributed by atoms with Crippen molar-refractivity contribution in [2.45, 2.75) is 52.0 Å². The number of rotatable bonds is 7. The van der Waals surface area contributed by atoms with Crippen molar-refractivity contribution in [3.05, 3.63) is 29.8 Å². The van der Waals surface area contributed by atoms with Gasteiger partial charge in [-0.05, 0) is 50.8 Å². The number of nitrogens with zero attached hydrogens (tertiary/aromatic N) is 3. The monoisotopic (exact) mass is 399 g/mol. The zero-order valence-corrected chi connectivity index (χ0v) is 18.3. The van der Waals surface area contributed by atoms with E-state index in [1.807, 2.05) is 7.05 Å². The van der Waals surface area contributed by atoms with Crippen LogP contribution in [0.3, 0.4) is 0 Å². The molecule has 0 radical (unpaired) electrons. The van der Waals surface area contributed by atoms with E-state index in [1.54, 1.807) is 0 Å². The molecule has 1 aromatic rings. The first-order chi connectivity index (χ1) is 14.1. The van der Waals surface area contributed by atoms with Crippen LogP contribution in [0, 0.1) is 12.8 Å². The van der Waals surface area contributed by atoms with Crippen molar-refractivity contribution in [1.29, 1.82) is 0 Å². The topological polar surface area (TPSA) is 60.0 Å². The highest BCUT2D eigenvalue weighted by atomic mass is 16.2. The molecule has 1 aliphatic heterocycles. The predicted molar refractivity (Wildman–Crippen MR) is 121 cm³/mol. The van der Waals surface area contributed by atoms with Gasteiger partial charge in [-0.25, -0.2) is 0 Å². The second-order valence-electron chi connectivity index (χ2n) is 8.31. The Hall–Kier alpha value is -2.24. The maximum Gasteiger partial charge on any atom is 0.225 e. The molecular formula is C23H37N5O. The van der Waals surface area contributed by atoms with Crippen LogP contribution in [0.25, 0.3) is 0 Å². The van der Waals surface area contributed by atoms with Crippen LogP contribution < -0.4 is 15.5 Å². The van der Waals surface area contributed by atoms with E-state index >= 15 is 0 Å². The van der Waals surface area contributed by atoms with Crippen molar-refractivity contribution in [2.75, 3.05) is 44.7 Å². The lowest BCUT2D eigenvalue weighted by Crippen LogP contribution is -2.47. The minimum atomic E-state index is 0.271. The average Bonchev–Trinajstić information content (AvgIpc) is 3.42. The number of likely N-dealkylation sites (N-methyl/N-ethyl adjacent to an activating group) is 1. The summed E-state index contributed by atoms with van der Waals surface area (Å²) in [6.07, 6.45) is 5.56. The van der Waals surface area contributed by atoms with Crippen molar-refractivity contribution >= 4 is 17.6 Å². The third-order valence-corrected chi connectivity index (χ3v) is 6.19. The minimum absolute atomic E-state index is 0.271. The first-order valence-corrected chi connectivity index (χ1v) is 11.2. The van der Waals surface area contributed by atoms with Crippen LogP contribution in [0.4, 0.5) is 5.69 Å². The first-order valence-electron chi connectivity index (χ1n) is 11.2. The fraction of sp³-hybridized carbons (Fsp3) is 0.652. The van der Waals surface area contributed by atoms with Gasteiger partial charge in [0.25, 0.3) is 0 Å². The minimum Gasteiger partial charge on any atom is -0.370 e. The number of carbonyl (C=O) groups is 1. The zero-order valence-electron chi connectivity index (χ0n) is 18.3. The number of nitrogens with one attached hydrogen (secondary N) is 2. The molecule has 1 amide bonds. The molecule has 3 rings (SSSR count). The van der Waals surface area contributed by atoms with E-state index in [2.05, 4.69) is 63.5 Å². The summed E-state index contributed by atoms with van der Waals surface area (Å²) in [4.78, 5) is 21.4. The largest absolute Gasteiger partial charge is 0.370 e. The lowest BCUT2D eigenvalue weighted by molar-refractivity contribution is -0.134. The smallest absolute Gasteiger partial charge is 0.225 e. The second kappa shape index (κ2) is 10.5. The van der Waals surface area contributed by atoms with Gasteiger partial charge in [0, 0.05) is 57.4 Å². The van der Waals surface area contributed by atoms with Gasteiger partial charge in [-0.15, -0.1) is 0 Å². The summed E-state index contributed by atoms with van der Waals surface area (Å²) in [6, 6.07) is 8.91. The Morgan fingerprint density at radius 1 is 1.28 bits per heavy atom. The Morgan fingerprint density at radius 3 is 2.76 bits per heavy atom. The van der Waals surface area contributed by atoms with Gasteiger partial charge in [0.05, 0.1) is 0 Å². The lowest BCUT2D eigenvalue weighted by Gasteiger charge is -2.25. The van der Waals surface area contributed by atoms with Crippen LogP contribution in [-0.2, 0) is 4.79 Å². The average molecular weight is 400 g/mol. The Morgan fingerprint density at radius 2 is 2.07 bits per heavy atom. The van der Waals surface area contributed by atoms with Crippen LogP contribution in [0.15, 0.2) is 29.3 Å². The lowest BCUT2D eigenvalue weighted by atomic mass is 10.1. The molecule has 1 saturated carbocycles. The van der Waals surface area contributed by atoms with Crippen molar-refractivity contribution in [1.82, 2.24) is 15.5 Å². The number of carbonyl (C=O) groups excluding carboxylic acids is 1. The Kier molecular flexibility index (Phi) is 7.78. The molecule has 29 heavy (non-hydrogen) atoms. The van der Waals surface area contributed by atoms with E-state index in [0.29, 0.717) is 5.91 Å². The van der Waals surface area contributed by atoms with E-state index in [9.17, 15) is 4.79 Å². The number of likely N-dealkylation sites (tertiary alicyclic amines) is 1. The fourth-order valence-electron chi connectivity index (χ4n) is 4.50. The van der Waals surface area contributed by atoms with Gasteiger partial charge in [0.2, 0.25) is 5.91 Å². The Bertz CT molecular complexity index is 698. The number of hydrogen-bond acceptors (Lipinski definition) is 3. The van der Waals surface area contributed by atoms with E-state index in [-0.39, 0.29) is 12.0 Å². The molecule has 2 N–H and O–H groups in total. The van der Waals surface area contributed by atoms with Gasteiger partial charge in [-0.2, -0.15) is 0 Å². The van der Waals surface area contributed by atoms with Crippen LogP contribution in [0.2, 0.25) is 0 Å². The van der Waals surface area contributed by atoms with Crippen LogP contribution >= 0.6 is 0 Å². The van der Waals surface area contributed by atoms with E-state index in [0.717, 1.165) is 57.9 Å². The summed E-state index contributed by atoms with van der Waals surface area (Å²) in [5.74, 6) is 1.46. The Labute approximate surface area is 175 Å². The molecule has 2 fully saturated rings. The number of guanidine groups is 1. The van der Waals surface area contributed by atoms with E-state index in [4.69, 9.17) is 0 Å². The van der Waals surface area contributed by atoms with Gasteiger partial charge < -0.3 is 20.4 Å². The number of aryl methyl sites for hydroxylation is 1. The molecule has 1 saturated heterocycles. The normalized spacial score (nSPS) is 20.2. The number of benzene rings is 1. The number of anilines is 1. The number of aliphatic imine (C=N–C) groups is 1. The highest BCUT2D eigenvalue weighted by molar-refractivity contribution is 5.81. The van der Waals surface area contributed by atoms with Gasteiger partial charge >= 0.3 is 0 Å². The summed E-state index contributed by atoms with van der Waals surface area (Å²) >= 11 is 0.